The molecule has 18 heavy (non-hydrogen) atoms. The minimum absolute atomic E-state index is 0.276. The fraction of sp³-hybridized carbons (Fsp3) is 0.400. The molecule has 0 unspecified atom stereocenters. The van der Waals surface area contributed by atoms with Gasteiger partial charge in [0.2, 0.25) is 0 Å². The molecular weight excluding hydrogens is 226 g/mol. The summed E-state index contributed by atoms with van der Waals surface area (Å²) in [6.45, 7) is 7.72. The topological polar surface area (TPSA) is 42.1 Å². The Bertz CT molecular complexity index is 576. The first-order valence-electron chi connectivity index (χ1n) is 6.24. The molecule has 3 heteroatoms. The van der Waals surface area contributed by atoms with E-state index in [2.05, 4.69) is 18.0 Å². The quantitative estimate of drug-likeness (QED) is 0.820. The Morgan fingerprint density at radius 2 is 2.06 bits per heavy atom. The van der Waals surface area contributed by atoms with Crippen LogP contribution in [-0.2, 0) is 11.2 Å². The smallest absolute Gasteiger partial charge is 0.340 e. The Hall–Kier alpha value is -1.77. The van der Waals surface area contributed by atoms with Crippen molar-refractivity contribution in [3.05, 3.63) is 35.5 Å². The van der Waals surface area contributed by atoms with Crippen LogP contribution in [0.4, 0.5) is 0 Å². The van der Waals surface area contributed by atoms with Crippen LogP contribution in [0, 0.1) is 0 Å². The number of benzene rings is 1. The highest BCUT2D eigenvalue weighted by atomic mass is 16.6. The molecule has 0 spiro atoms. The number of esters is 1. The number of nitrogens with one attached hydrogen (secondary N) is 1. The van der Waals surface area contributed by atoms with E-state index in [9.17, 15) is 4.79 Å². The van der Waals surface area contributed by atoms with Gasteiger partial charge in [-0.1, -0.05) is 25.1 Å². The molecule has 1 aromatic heterocycles. The third-order valence-corrected chi connectivity index (χ3v) is 2.80. The summed E-state index contributed by atoms with van der Waals surface area (Å²) in [6, 6.07) is 5.99. The van der Waals surface area contributed by atoms with Crippen molar-refractivity contribution in [2.24, 2.45) is 0 Å². The summed E-state index contributed by atoms with van der Waals surface area (Å²) in [5.41, 5.74) is 2.38. The van der Waals surface area contributed by atoms with Gasteiger partial charge >= 0.3 is 5.97 Å². The monoisotopic (exact) mass is 245 g/mol. The van der Waals surface area contributed by atoms with E-state index >= 15 is 0 Å². The number of hydrogen-bond donors (Lipinski definition) is 1. The second-order valence-electron chi connectivity index (χ2n) is 5.40. The number of hydrogen-bond acceptors (Lipinski definition) is 2. The third kappa shape index (κ3) is 2.40. The number of carbonyl (C=O) groups excluding carboxylic acids is 1. The number of aromatic nitrogens is 1. The highest BCUT2D eigenvalue weighted by molar-refractivity contribution is 6.04. The van der Waals surface area contributed by atoms with Gasteiger partial charge in [0.25, 0.3) is 0 Å². The molecule has 2 aromatic rings. The molecule has 2 rings (SSSR count). The van der Waals surface area contributed by atoms with Gasteiger partial charge in [0.05, 0.1) is 5.56 Å². The number of fused-ring (bicyclic) bond motifs is 1. The Kier molecular flexibility index (Phi) is 3.16. The maximum atomic E-state index is 12.1. The number of carbonyl (C=O) groups is 1. The Balaban J connectivity index is 2.44. The zero-order valence-corrected chi connectivity index (χ0v) is 11.3. The number of para-hydroxylation sites is 1. The first-order valence-corrected chi connectivity index (χ1v) is 6.24. The number of rotatable bonds is 2. The maximum absolute atomic E-state index is 12.1. The number of H-pyrrole nitrogens is 1. The third-order valence-electron chi connectivity index (χ3n) is 2.80. The fourth-order valence-electron chi connectivity index (χ4n) is 2.01. The van der Waals surface area contributed by atoms with E-state index in [1.165, 1.54) is 5.56 Å². The average molecular weight is 245 g/mol. The van der Waals surface area contributed by atoms with Crippen LogP contribution in [0.1, 0.15) is 43.6 Å². The van der Waals surface area contributed by atoms with Crippen molar-refractivity contribution in [2.75, 3.05) is 0 Å². The van der Waals surface area contributed by atoms with Crippen LogP contribution >= 0.6 is 0 Å². The normalized spacial score (nSPS) is 11.8. The van der Waals surface area contributed by atoms with Gasteiger partial charge in [0.1, 0.15) is 5.60 Å². The lowest BCUT2D eigenvalue weighted by atomic mass is 10.1. The molecule has 0 fully saturated rings. The lowest BCUT2D eigenvalue weighted by Gasteiger charge is -2.19. The Morgan fingerprint density at radius 1 is 1.33 bits per heavy atom. The molecule has 0 saturated heterocycles. The molecule has 0 aliphatic rings. The summed E-state index contributed by atoms with van der Waals surface area (Å²) in [5.74, 6) is -0.276. The van der Waals surface area contributed by atoms with Crippen molar-refractivity contribution in [1.29, 1.82) is 0 Å². The molecule has 96 valence electrons. The average Bonchev–Trinajstić information content (AvgIpc) is 2.69. The van der Waals surface area contributed by atoms with Crippen LogP contribution in [0.2, 0.25) is 0 Å². The van der Waals surface area contributed by atoms with Gasteiger partial charge in [-0.2, -0.15) is 0 Å². The van der Waals surface area contributed by atoms with E-state index in [1.807, 2.05) is 32.9 Å². The van der Waals surface area contributed by atoms with E-state index in [0.29, 0.717) is 5.56 Å². The molecular formula is C15H19NO2. The van der Waals surface area contributed by atoms with Crippen LogP contribution in [0.15, 0.2) is 24.4 Å². The lowest BCUT2D eigenvalue weighted by Crippen LogP contribution is -2.23. The van der Waals surface area contributed by atoms with Crippen LogP contribution < -0.4 is 0 Å². The summed E-state index contributed by atoms with van der Waals surface area (Å²) < 4.78 is 5.40. The van der Waals surface area contributed by atoms with Gasteiger partial charge in [-0.25, -0.2) is 4.79 Å². The second-order valence-corrected chi connectivity index (χ2v) is 5.40. The Labute approximate surface area is 107 Å². The molecule has 0 aliphatic carbocycles. The first kappa shape index (κ1) is 12.7. The van der Waals surface area contributed by atoms with Gasteiger partial charge < -0.3 is 9.72 Å². The molecule has 0 aliphatic heterocycles. The first-order chi connectivity index (χ1) is 8.42. The van der Waals surface area contributed by atoms with Crippen LogP contribution in [0.3, 0.4) is 0 Å². The second kappa shape index (κ2) is 4.48. The lowest BCUT2D eigenvalue weighted by molar-refractivity contribution is 0.00719. The molecule has 1 N–H and O–H groups in total. The summed E-state index contributed by atoms with van der Waals surface area (Å²) in [5, 5.41) is 0.934. The molecule has 1 heterocycles. The Morgan fingerprint density at radius 3 is 2.67 bits per heavy atom. The SMILES string of the molecule is CCc1cccc2c(C(=O)OC(C)(C)C)c[nH]c12. The molecule has 0 atom stereocenters. The van der Waals surface area contributed by atoms with Crippen molar-refractivity contribution in [2.45, 2.75) is 39.7 Å². The number of aryl methyl sites for hydroxylation is 1. The predicted octanol–water partition coefficient (Wildman–Crippen LogP) is 3.69. The summed E-state index contributed by atoms with van der Waals surface area (Å²) in [7, 11) is 0. The molecule has 0 bridgehead atoms. The van der Waals surface area contributed by atoms with Crippen molar-refractivity contribution >= 4 is 16.9 Å². The largest absolute Gasteiger partial charge is 0.456 e. The van der Waals surface area contributed by atoms with Crippen molar-refractivity contribution in [3.8, 4) is 0 Å². The highest BCUT2D eigenvalue weighted by Gasteiger charge is 2.20. The molecule has 0 radical (unpaired) electrons. The van der Waals surface area contributed by atoms with E-state index in [-0.39, 0.29) is 5.97 Å². The van der Waals surface area contributed by atoms with Crippen LogP contribution in [-0.4, -0.2) is 16.6 Å². The molecule has 3 nitrogen and oxygen atoms in total. The standard InChI is InChI=1S/C15H19NO2/c1-5-10-7-6-8-11-12(9-16-13(10)11)14(17)18-15(2,3)4/h6-9,16H,5H2,1-4H3. The van der Waals surface area contributed by atoms with Gasteiger partial charge in [-0.3, -0.25) is 0 Å². The van der Waals surface area contributed by atoms with Crippen LogP contribution in [0.25, 0.3) is 10.9 Å². The van der Waals surface area contributed by atoms with E-state index in [1.54, 1.807) is 6.20 Å². The summed E-state index contributed by atoms with van der Waals surface area (Å²) >= 11 is 0. The van der Waals surface area contributed by atoms with Crippen molar-refractivity contribution in [3.63, 3.8) is 0 Å². The molecule has 0 amide bonds. The highest BCUT2D eigenvalue weighted by Crippen LogP contribution is 2.24. The number of aromatic amines is 1. The molecule has 0 saturated carbocycles. The van der Waals surface area contributed by atoms with Crippen molar-refractivity contribution in [1.82, 2.24) is 4.98 Å². The van der Waals surface area contributed by atoms with Crippen LogP contribution in [0.5, 0.6) is 0 Å². The van der Waals surface area contributed by atoms with E-state index < -0.39 is 5.60 Å². The van der Waals surface area contributed by atoms with Gasteiger partial charge in [0, 0.05) is 17.1 Å². The minimum Gasteiger partial charge on any atom is -0.456 e. The zero-order valence-electron chi connectivity index (χ0n) is 11.3. The predicted molar refractivity (Wildman–Crippen MR) is 72.8 cm³/mol. The number of ether oxygens (including phenoxy) is 1. The van der Waals surface area contributed by atoms with Gasteiger partial charge in [0.15, 0.2) is 0 Å². The molecule has 1 aromatic carbocycles. The maximum Gasteiger partial charge on any atom is 0.340 e. The van der Waals surface area contributed by atoms with E-state index in [0.717, 1.165) is 17.3 Å². The summed E-state index contributed by atoms with van der Waals surface area (Å²) in [6.07, 6.45) is 2.67. The van der Waals surface area contributed by atoms with E-state index in [4.69, 9.17) is 4.74 Å². The minimum atomic E-state index is -0.469. The fourth-order valence-corrected chi connectivity index (χ4v) is 2.01. The van der Waals surface area contributed by atoms with Crippen molar-refractivity contribution < 1.29 is 9.53 Å². The zero-order chi connectivity index (χ0) is 13.3. The van der Waals surface area contributed by atoms with Gasteiger partial charge in [-0.05, 0) is 32.8 Å². The van der Waals surface area contributed by atoms with Gasteiger partial charge in [-0.15, -0.1) is 0 Å². The summed E-state index contributed by atoms with van der Waals surface area (Å²) in [4.78, 5) is 15.3.